The fraction of sp³-hybridized carbons (Fsp3) is 0.375. The van der Waals surface area contributed by atoms with Crippen LogP contribution in [0.25, 0.3) is 5.69 Å². The number of benzene rings is 1. The van der Waals surface area contributed by atoms with Crippen molar-refractivity contribution in [1.29, 1.82) is 0 Å². The molecule has 1 aromatic heterocycles. The minimum atomic E-state index is 0.673. The monoisotopic (exact) mass is 285 g/mol. The number of aromatic nitrogens is 2. The summed E-state index contributed by atoms with van der Waals surface area (Å²) in [6.07, 6.45) is 3.64. The number of nitrogens with zero attached hydrogens (tertiary/aromatic N) is 4. The second kappa shape index (κ2) is 7.04. The summed E-state index contributed by atoms with van der Waals surface area (Å²) >= 11 is 0. The van der Waals surface area contributed by atoms with E-state index in [9.17, 15) is 0 Å². The molecule has 0 saturated carbocycles. The van der Waals surface area contributed by atoms with E-state index in [0.717, 1.165) is 30.0 Å². The summed E-state index contributed by atoms with van der Waals surface area (Å²) in [7, 11) is 3.91. The van der Waals surface area contributed by atoms with Gasteiger partial charge in [0.25, 0.3) is 0 Å². The van der Waals surface area contributed by atoms with Crippen LogP contribution in [0.5, 0.6) is 0 Å². The third-order valence-electron chi connectivity index (χ3n) is 3.20. The van der Waals surface area contributed by atoms with Crippen molar-refractivity contribution in [2.45, 2.75) is 19.8 Å². The highest BCUT2D eigenvalue weighted by molar-refractivity contribution is 5.62. The summed E-state index contributed by atoms with van der Waals surface area (Å²) in [5.74, 6) is 0.890. The van der Waals surface area contributed by atoms with Crippen LogP contribution in [0.3, 0.4) is 0 Å². The molecule has 2 aromatic rings. The summed E-state index contributed by atoms with van der Waals surface area (Å²) in [5, 5.41) is 4.66. The number of hydrogen-bond acceptors (Lipinski definition) is 3. The van der Waals surface area contributed by atoms with Gasteiger partial charge in [0.1, 0.15) is 0 Å². The van der Waals surface area contributed by atoms with Gasteiger partial charge in [0.15, 0.2) is 5.82 Å². The van der Waals surface area contributed by atoms with Gasteiger partial charge in [-0.1, -0.05) is 18.2 Å². The van der Waals surface area contributed by atoms with Crippen molar-refractivity contribution >= 4 is 12.2 Å². The SMILES string of the molecule is Cc1nn(-c2ccccc2)c(/N=C/N(C)C)c1CCCN. The maximum atomic E-state index is 5.64. The van der Waals surface area contributed by atoms with E-state index in [1.165, 1.54) is 5.56 Å². The van der Waals surface area contributed by atoms with Crippen LogP contribution in [0, 0.1) is 6.92 Å². The number of para-hydroxylation sites is 1. The van der Waals surface area contributed by atoms with E-state index in [-0.39, 0.29) is 0 Å². The van der Waals surface area contributed by atoms with E-state index in [4.69, 9.17) is 5.73 Å². The van der Waals surface area contributed by atoms with Gasteiger partial charge in [-0.25, -0.2) is 9.67 Å². The number of aryl methyl sites for hydroxylation is 1. The topological polar surface area (TPSA) is 59.4 Å². The molecular formula is C16H23N5. The zero-order valence-corrected chi connectivity index (χ0v) is 13.0. The molecule has 112 valence electrons. The molecule has 5 nitrogen and oxygen atoms in total. The summed E-state index contributed by atoms with van der Waals surface area (Å²) in [4.78, 5) is 6.54. The van der Waals surface area contributed by atoms with Crippen molar-refractivity contribution < 1.29 is 0 Å². The van der Waals surface area contributed by atoms with E-state index in [0.29, 0.717) is 6.54 Å². The largest absolute Gasteiger partial charge is 0.369 e. The molecule has 1 heterocycles. The first-order valence-corrected chi connectivity index (χ1v) is 7.18. The van der Waals surface area contributed by atoms with Crippen molar-refractivity contribution in [2.75, 3.05) is 20.6 Å². The van der Waals surface area contributed by atoms with Crippen molar-refractivity contribution in [3.05, 3.63) is 41.6 Å². The van der Waals surface area contributed by atoms with Crippen LogP contribution < -0.4 is 5.73 Å². The molecule has 0 radical (unpaired) electrons. The fourth-order valence-electron chi connectivity index (χ4n) is 2.17. The second-order valence-corrected chi connectivity index (χ2v) is 5.24. The number of nitrogens with two attached hydrogens (primary N) is 1. The molecule has 0 atom stereocenters. The van der Waals surface area contributed by atoms with Crippen LogP contribution in [0.4, 0.5) is 5.82 Å². The highest BCUT2D eigenvalue weighted by atomic mass is 15.3. The highest BCUT2D eigenvalue weighted by Crippen LogP contribution is 2.27. The van der Waals surface area contributed by atoms with E-state index >= 15 is 0 Å². The van der Waals surface area contributed by atoms with Gasteiger partial charge in [0, 0.05) is 19.7 Å². The van der Waals surface area contributed by atoms with Gasteiger partial charge in [-0.05, 0) is 38.4 Å². The van der Waals surface area contributed by atoms with E-state index in [2.05, 4.69) is 10.1 Å². The first-order chi connectivity index (χ1) is 10.1. The molecule has 0 aliphatic carbocycles. The zero-order chi connectivity index (χ0) is 15.2. The molecule has 21 heavy (non-hydrogen) atoms. The first kappa shape index (κ1) is 15.3. The minimum Gasteiger partial charge on any atom is -0.369 e. The summed E-state index contributed by atoms with van der Waals surface area (Å²) in [5.41, 5.74) is 8.84. The number of hydrogen-bond donors (Lipinski definition) is 1. The van der Waals surface area contributed by atoms with Crippen molar-refractivity contribution in [1.82, 2.24) is 14.7 Å². The first-order valence-electron chi connectivity index (χ1n) is 7.18. The Morgan fingerprint density at radius 2 is 2.00 bits per heavy atom. The summed E-state index contributed by atoms with van der Waals surface area (Å²) in [6.45, 7) is 2.70. The van der Waals surface area contributed by atoms with Crippen LogP contribution in [0.2, 0.25) is 0 Å². The molecule has 0 spiro atoms. The Labute approximate surface area is 126 Å². The van der Waals surface area contributed by atoms with Gasteiger partial charge in [0.05, 0.1) is 17.7 Å². The van der Waals surface area contributed by atoms with Gasteiger partial charge >= 0.3 is 0 Å². The molecule has 0 saturated heterocycles. The normalized spacial score (nSPS) is 11.2. The molecule has 0 bridgehead atoms. The highest BCUT2D eigenvalue weighted by Gasteiger charge is 2.15. The molecule has 5 heteroatoms. The van der Waals surface area contributed by atoms with Crippen LogP contribution in [-0.4, -0.2) is 41.7 Å². The Hall–Kier alpha value is -2.14. The third-order valence-corrected chi connectivity index (χ3v) is 3.20. The second-order valence-electron chi connectivity index (χ2n) is 5.24. The average Bonchev–Trinajstić information content (AvgIpc) is 2.80. The molecular weight excluding hydrogens is 262 g/mol. The summed E-state index contributed by atoms with van der Waals surface area (Å²) < 4.78 is 1.90. The van der Waals surface area contributed by atoms with Gasteiger partial charge in [-0.15, -0.1) is 0 Å². The van der Waals surface area contributed by atoms with Gasteiger partial charge in [-0.3, -0.25) is 0 Å². The van der Waals surface area contributed by atoms with Crippen LogP contribution in [0.1, 0.15) is 17.7 Å². The predicted octanol–water partition coefficient (Wildman–Crippen LogP) is 2.29. The summed E-state index contributed by atoms with van der Waals surface area (Å²) in [6, 6.07) is 10.1. The lowest BCUT2D eigenvalue weighted by atomic mass is 10.1. The third kappa shape index (κ3) is 3.70. The van der Waals surface area contributed by atoms with E-state index in [1.54, 1.807) is 0 Å². The molecule has 2 rings (SSSR count). The standard InChI is InChI=1S/C16H23N5/c1-13-15(10-7-11-17)16(18-12-20(2)3)21(19-13)14-8-5-4-6-9-14/h4-6,8-9,12H,7,10-11,17H2,1-3H3/b18-12+. The molecule has 0 aliphatic rings. The Morgan fingerprint density at radius 3 is 2.62 bits per heavy atom. The fourth-order valence-corrected chi connectivity index (χ4v) is 2.17. The van der Waals surface area contributed by atoms with E-state index < -0.39 is 0 Å². The van der Waals surface area contributed by atoms with Crippen molar-refractivity contribution in [3.63, 3.8) is 0 Å². The smallest absolute Gasteiger partial charge is 0.160 e. The van der Waals surface area contributed by atoms with Gasteiger partial charge in [0.2, 0.25) is 0 Å². The molecule has 0 fully saturated rings. The Bertz CT molecular complexity index is 599. The van der Waals surface area contributed by atoms with Crippen LogP contribution >= 0.6 is 0 Å². The molecule has 0 unspecified atom stereocenters. The van der Waals surface area contributed by atoms with Crippen molar-refractivity contribution in [2.24, 2.45) is 10.7 Å². The minimum absolute atomic E-state index is 0.673. The Kier molecular flexibility index (Phi) is 5.11. The van der Waals surface area contributed by atoms with E-state index in [1.807, 2.05) is 67.3 Å². The predicted molar refractivity (Wildman–Crippen MR) is 87.5 cm³/mol. The number of rotatable bonds is 6. The zero-order valence-electron chi connectivity index (χ0n) is 13.0. The lowest BCUT2D eigenvalue weighted by Crippen LogP contribution is -2.08. The Morgan fingerprint density at radius 1 is 1.29 bits per heavy atom. The average molecular weight is 285 g/mol. The maximum absolute atomic E-state index is 5.64. The molecule has 0 amide bonds. The number of aliphatic imine (C=N–C) groups is 1. The van der Waals surface area contributed by atoms with Gasteiger partial charge < -0.3 is 10.6 Å². The van der Waals surface area contributed by atoms with Crippen molar-refractivity contribution in [3.8, 4) is 5.69 Å². The van der Waals surface area contributed by atoms with Crippen LogP contribution in [0.15, 0.2) is 35.3 Å². The lowest BCUT2D eigenvalue weighted by molar-refractivity contribution is 0.642. The molecule has 1 aromatic carbocycles. The lowest BCUT2D eigenvalue weighted by Gasteiger charge is -2.07. The van der Waals surface area contributed by atoms with Gasteiger partial charge in [-0.2, -0.15) is 5.10 Å². The van der Waals surface area contributed by atoms with Crippen LogP contribution in [-0.2, 0) is 6.42 Å². The maximum Gasteiger partial charge on any atom is 0.160 e. The quantitative estimate of drug-likeness (QED) is 0.654. The molecule has 0 aliphatic heterocycles. The molecule has 2 N–H and O–H groups in total. The Balaban J connectivity index is 2.49.